The molecule has 0 N–H and O–H groups in total. The first-order valence-electron chi connectivity index (χ1n) is 6.22. The lowest BCUT2D eigenvalue weighted by Crippen LogP contribution is -2.15. The minimum absolute atomic E-state index is 0.206. The van der Waals surface area contributed by atoms with Gasteiger partial charge < -0.3 is 0 Å². The van der Waals surface area contributed by atoms with Crippen molar-refractivity contribution in [2.24, 2.45) is 5.92 Å². The quantitative estimate of drug-likeness (QED) is 0.688. The highest BCUT2D eigenvalue weighted by molar-refractivity contribution is 9.09. The van der Waals surface area contributed by atoms with Gasteiger partial charge in [0.05, 0.1) is 0 Å². The van der Waals surface area contributed by atoms with Crippen molar-refractivity contribution in [3.63, 3.8) is 0 Å². The molecule has 0 nitrogen and oxygen atoms in total. The van der Waals surface area contributed by atoms with Gasteiger partial charge in [0.2, 0.25) is 0 Å². The van der Waals surface area contributed by atoms with Crippen molar-refractivity contribution in [2.45, 2.75) is 38.0 Å². The van der Waals surface area contributed by atoms with Gasteiger partial charge in [-0.2, -0.15) is 0 Å². The molecule has 3 heteroatoms. The first kappa shape index (κ1) is 13.0. The van der Waals surface area contributed by atoms with E-state index < -0.39 is 11.6 Å². The van der Waals surface area contributed by atoms with Crippen LogP contribution in [0.2, 0.25) is 0 Å². The Morgan fingerprint density at radius 1 is 1.12 bits per heavy atom. The maximum absolute atomic E-state index is 13.6. The molecule has 1 aromatic rings. The Balaban J connectivity index is 2.03. The van der Waals surface area contributed by atoms with Crippen LogP contribution in [0.25, 0.3) is 0 Å². The van der Waals surface area contributed by atoms with Crippen LogP contribution >= 0.6 is 15.9 Å². The molecule has 1 aromatic carbocycles. The van der Waals surface area contributed by atoms with Crippen LogP contribution in [0.3, 0.4) is 0 Å². The maximum Gasteiger partial charge on any atom is 0.162 e. The average molecular weight is 303 g/mol. The molecule has 0 saturated heterocycles. The van der Waals surface area contributed by atoms with Crippen LogP contribution in [0.1, 0.15) is 43.6 Å². The van der Waals surface area contributed by atoms with Crippen LogP contribution in [-0.4, -0.2) is 5.33 Å². The third-order valence-electron chi connectivity index (χ3n) is 3.79. The first-order valence-corrected chi connectivity index (χ1v) is 7.34. The molecule has 2 rings (SSSR count). The number of alkyl halides is 1. The zero-order chi connectivity index (χ0) is 12.3. The number of halogens is 3. The van der Waals surface area contributed by atoms with Crippen LogP contribution in [0, 0.1) is 17.6 Å². The molecule has 0 spiro atoms. The molecule has 0 unspecified atom stereocenters. The Kier molecular flexibility index (Phi) is 4.55. The van der Waals surface area contributed by atoms with E-state index in [0.29, 0.717) is 5.56 Å². The highest BCUT2D eigenvalue weighted by Crippen LogP contribution is 2.38. The molecule has 1 saturated carbocycles. The van der Waals surface area contributed by atoms with Gasteiger partial charge in [-0.15, -0.1) is 0 Å². The van der Waals surface area contributed by atoms with E-state index in [4.69, 9.17) is 0 Å². The van der Waals surface area contributed by atoms with Crippen LogP contribution in [0.4, 0.5) is 8.78 Å². The SMILES string of the molecule is Fc1cccc(C2CCC(CCBr)CC2)c1F. The fraction of sp³-hybridized carbons (Fsp3) is 0.571. The van der Waals surface area contributed by atoms with Crippen molar-refractivity contribution in [1.29, 1.82) is 0 Å². The molecule has 0 heterocycles. The molecule has 94 valence electrons. The molecule has 1 aliphatic carbocycles. The van der Waals surface area contributed by atoms with E-state index in [1.807, 2.05) is 0 Å². The van der Waals surface area contributed by atoms with Crippen molar-refractivity contribution < 1.29 is 8.78 Å². The summed E-state index contributed by atoms with van der Waals surface area (Å²) in [6.45, 7) is 0. The van der Waals surface area contributed by atoms with E-state index in [0.717, 1.165) is 36.9 Å². The highest BCUT2D eigenvalue weighted by atomic mass is 79.9. The number of rotatable bonds is 3. The summed E-state index contributed by atoms with van der Waals surface area (Å²) in [5, 5.41) is 1.04. The van der Waals surface area contributed by atoms with Crippen molar-refractivity contribution in [3.05, 3.63) is 35.4 Å². The topological polar surface area (TPSA) is 0 Å². The molecule has 1 aliphatic rings. The van der Waals surface area contributed by atoms with Crippen LogP contribution in [0.5, 0.6) is 0 Å². The normalized spacial score (nSPS) is 24.9. The van der Waals surface area contributed by atoms with E-state index in [2.05, 4.69) is 15.9 Å². The lowest BCUT2D eigenvalue weighted by atomic mass is 9.77. The Bertz CT molecular complexity index is 370. The molecular formula is C14H17BrF2. The maximum atomic E-state index is 13.6. The predicted octanol–water partition coefficient (Wildman–Crippen LogP) is 5.02. The van der Waals surface area contributed by atoms with E-state index in [1.54, 1.807) is 12.1 Å². The Hall–Kier alpha value is -0.440. The third kappa shape index (κ3) is 3.06. The summed E-state index contributed by atoms with van der Waals surface area (Å²) in [5.41, 5.74) is 0.572. The van der Waals surface area contributed by atoms with Gasteiger partial charge >= 0.3 is 0 Å². The highest BCUT2D eigenvalue weighted by Gasteiger charge is 2.24. The molecule has 0 bridgehead atoms. The van der Waals surface area contributed by atoms with Gasteiger partial charge in [0, 0.05) is 5.33 Å². The standard InChI is InChI=1S/C14H17BrF2/c15-9-8-10-4-6-11(7-5-10)12-2-1-3-13(16)14(12)17/h1-3,10-11H,4-9H2. The Labute approximate surface area is 110 Å². The van der Waals surface area contributed by atoms with Gasteiger partial charge in [-0.25, -0.2) is 8.78 Å². The van der Waals surface area contributed by atoms with Gasteiger partial charge in [0.1, 0.15) is 0 Å². The second-order valence-corrected chi connectivity index (χ2v) is 5.63. The van der Waals surface area contributed by atoms with Crippen molar-refractivity contribution in [3.8, 4) is 0 Å². The van der Waals surface area contributed by atoms with Gasteiger partial charge in [0.25, 0.3) is 0 Å². The van der Waals surface area contributed by atoms with Gasteiger partial charge in [-0.05, 0) is 55.6 Å². The molecule has 17 heavy (non-hydrogen) atoms. The van der Waals surface area contributed by atoms with Crippen molar-refractivity contribution >= 4 is 15.9 Å². The summed E-state index contributed by atoms with van der Waals surface area (Å²) in [6, 6.07) is 4.53. The smallest absolute Gasteiger partial charge is 0.162 e. The number of benzene rings is 1. The monoisotopic (exact) mass is 302 g/mol. The Morgan fingerprint density at radius 2 is 1.82 bits per heavy atom. The predicted molar refractivity (Wildman–Crippen MR) is 69.5 cm³/mol. The fourth-order valence-electron chi connectivity index (χ4n) is 2.75. The van der Waals surface area contributed by atoms with E-state index in [-0.39, 0.29) is 5.92 Å². The lowest BCUT2D eigenvalue weighted by molar-refractivity contribution is 0.314. The second-order valence-electron chi connectivity index (χ2n) is 4.84. The van der Waals surface area contributed by atoms with Crippen LogP contribution in [0.15, 0.2) is 18.2 Å². The van der Waals surface area contributed by atoms with Crippen LogP contribution < -0.4 is 0 Å². The minimum atomic E-state index is -0.718. The summed E-state index contributed by atoms with van der Waals surface area (Å²) >= 11 is 3.46. The molecule has 0 aliphatic heterocycles. The largest absolute Gasteiger partial charge is 0.204 e. The van der Waals surface area contributed by atoms with E-state index in [1.165, 1.54) is 12.5 Å². The number of hydrogen-bond acceptors (Lipinski definition) is 0. The number of hydrogen-bond donors (Lipinski definition) is 0. The first-order chi connectivity index (χ1) is 8.22. The molecule has 0 radical (unpaired) electrons. The zero-order valence-corrected chi connectivity index (χ0v) is 11.3. The van der Waals surface area contributed by atoms with Crippen molar-refractivity contribution in [2.75, 3.05) is 5.33 Å². The van der Waals surface area contributed by atoms with E-state index in [9.17, 15) is 8.78 Å². The zero-order valence-electron chi connectivity index (χ0n) is 9.76. The second kappa shape index (κ2) is 5.94. The third-order valence-corrected chi connectivity index (χ3v) is 4.24. The summed E-state index contributed by atoms with van der Waals surface area (Å²) in [4.78, 5) is 0. The fourth-order valence-corrected chi connectivity index (χ4v) is 3.40. The Morgan fingerprint density at radius 3 is 2.47 bits per heavy atom. The molecule has 0 amide bonds. The molecule has 0 atom stereocenters. The molecule has 0 aromatic heterocycles. The summed E-state index contributed by atoms with van der Waals surface area (Å²) < 4.78 is 26.8. The average Bonchev–Trinajstić information content (AvgIpc) is 2.34. The van der Waals surface area contributed by atoms with Gasteiger partial charge in [-0.3, -0.25) is 0 Å². The minimum Gasteiger partial charge on any atom is -0.204 e. The van der Waals surface area contributed by atoms with Crippen LogP contribution in [-0.2, 0) is 0 Å². The lowest BCUT2D eigenvalue weighted by Gasteiger charge is -2.28. The summed E-state index contributed by atoms with van der Waals surface area (Å²) in [7, 11) is 0. The van der Waals surface area contributed by atoms with Crippen molar-refractivity contribution in [1.82, 2.24) is 0 Å². The summed E-state index contributed by atoms with van der Waals surface area (Å²) in [5.74, 6) is -0.402. The van der Waals surface area contributed by atoms with Gasteiger partial charge in [-0.1, -0.05) is 28.1 Å². The summed E-state index contributed by atoms with van der Waals surface area (Å²) in [6.07, 6.45) is 5.42. The molecule has 1 fully saturated rings. The molecular weight excluding hydrogens is 286 g/mol. The van der Waals surface area contributed by atoms with E-state index >= 15 is 0 Å². The van der Waals surface area contributed by atoms with Gasteiger partial charge in [0.15, 0.2) is 11.6 Å².